The Hall–Kier alpha value is -5.08. The number of halogens is 1. The number of phenolic OH excluding ortho intramolecular Hbond substituents is 1. The minimum absolute atomic E-state index is 0.0413. The Bertz CT molecular complexity index is 2360. The van der Waals surface area contributed by atoms with Crippen LogP contribution in [0.4, 0.5) is 15.0 Å². The molecule has 4 aliphatic rings. The largest absolute Gasteiger partial charge is 0.508 e. The van der Waals surface area contributed by atoms with Gasteiger partial charge >= 0.3 is 12.1 Å². The number of nitrogens with one attached hydrogen (secondary N) is 1. The lowest BCUT2D eigenvalue weighted by Crippen LogP contribution is -2.51. The number of amides is 1. The van der Waals surface area contributed by atoms with Gasteiger partial charge in [0.2, 0.25) is 0 Å². The van der Waals surface area contributed by atoms with E-state index in [0.29, 0.717) is 53.6 Å². The first-order chi connectivity index (χ1) is 28.5. The van der Waals surface area contributed by atoms with Gasteiger partial charge in [0.05, 0.1) is 17.5 Å². The van der Waals surface area contributed by atoms with Crippen molar-refractivity contribution in [3.05, 3.63) is 65.4 Å². The number of hydrogen-bond acceptors (Lipinski definition) is 12. The third-order valence-electron chi connectivity index (χ3n) is 13.5. The van der Waals surface area contributed by atoms with Gasteiger partial charge in [-0.15, -0.1) is 0 Å². The molecule has 2 bridgehead atoms. The summed E-state index contributed by atoms with van der Waals surface area (Å²) in [5.41, 5.74) is 2.24. The van der Waals surface area contributed by atoms with Crippen molar-refractivity contribution < 1.29 is 28.3 Å². The number of rotatable bonds is 12. The summed E-state index contributed by atoms with van der Waals surface area (Å²) in [7, 11) is 1.71. The quantitative estimate of drug-likeness (QED) is 0.128. The summed E-state index contributed by atoms with van der Waals surface area (Å²) < 4.78 is 35.2. The van der Waals surface area contributed by atoms with Crippen molar-refractivity contribution in [3.8, 4) is 23.0 Å². The van der Waals surface area contributed by atoms with Gasteiger partial charge in [0.15, 0.2) is 5.82 Å². The Morgan fingerprint density at radius 2 is 1.93 bits per heavy atom. The number of benzene rings is 2. The fraction of sp³-hybridized carbons (Fsp3) is 0.533. The Morgan fingerprint density at radius 3 is 2.71 bits per heavy atom. The molecule has 9 rings (SSSR count). The summed E-state index contributed by atoms with van der Waals surface area (Å²) in [6.45, 7) is 11.7. The molecule has 5 atom stereocenters. The first-order valence-electron chi connectivity index (χ1n) is 21.4. The van der Waals surface area contributed by atoms with E-state index in [1.807, 2.05) is 24.3 Å². The van der Waals surface area contributed by atoms with E-state index in [0.717, 1.165) is 86.7 Å². The lowest BCUT2D eigenvalue weighted by molar-refractivity contribution is 0.0457. The van der Waals surface area contributed by atoms with Crippen LogP contribution in [0.5, 0.6) is 11.8 Å². The average molecular weight is 807 g/mol. The number of nitrogens with zero attached hydrogens (tertiary/aromatic N) is 7. The molecule has 5 aromatic rings. The third-order valence-corrected chi connectivity index (χ3v) is 13.5. The molecule has 0 saturated carbocycles. The SMILES string of the molecule is CCc1cccc2cc(O)cc(-c3ncc4c(N5CC6CCC(C5)N6)nc(OCC56CCCN5[C@@H](COC(=O)N(C)Cc5cc(C(C)C(C)C)on5)CC6)nc4c3F)c12. The number of aromatic nitrogens is 4. The van der Waals surface area contributed by atoms with E-state index in [-0.39, 0.29) is 47.1 Å². The Labute approximate surface area is 344 Å². The van der Waals surface area contributed by atoms with E-state index in [1.54, 1.807) is 25.4 Å². The Balaban J connectivity index is 0.958. The van der Waals surface area contributed by atoms with Gasteiger partial charge in [0.25, 0.3) is 0 Å². The van der Waals surface area contributed by atoms with E-state index in [1.165, 1.54) is 4.90 Å². The Kier molecular flexibility index (Phi) is 10.6. The zero-order valence-electron chi connectivity index (χ0n) is 34.7. The molecule has 1 amide bonds. The third kappa shape index (κ3) is 7.43. The van der Waals surface area contributed by atoms with Crippen molar-refractivity contribution >= 4 is 33.6 Å². The molecule has 4 saturated heterocycles. The highest BCUT2D eigenvalue weighted by molar-refractivity contribution is 6.01. The molecule has 59 heavy (non-hydrogen) atoms. The molecule has 13 nitrogen and oxygen atoms in total. The number of carbonyl (C=O) groups excluding carboxylic acids is 1. The second-order valence-electron chi connectivity index (χ2n) is 17.6. The molecular weight excluding hydrogens is 752 g/mol. The second-order valence-corrected chi connectivity index (χ2v) is 17.6. The maximum atomic E-state index is 17.2. The molecule has 4 aliphatic heterocycles. The monoisotopic (exact) mass is 806 g/mol. The predicted molar refractivity (Wildman–Crippen MR) is 223 cm³/mol. The molecule has 4 unspecified atom stereocenters. The average Bonchev–Trinajstić information content (AvgIpc) is 4.02. The smallest absolute Gasteiger partial charge is 0.409 e. The van der Waals surface area contributed by atoms with Crippen LogP contribution in [0.2, 0.25) is 0 Å². The zero-order valence-corrected chi connectivity index (χ0v) is 34.7. The molecule has 3 aromatic heterocycles. The predicted octanol–water partition coefficient (Wildman–Crippen LogP) is 7.58. The lowest BCUT2D eigenvalue weighted by Gasteiger charge is -2.35. The van der Waals surface area contributed by atoms with E-state index in [4.69, 9.17) is 28.9 Å². The first-order valence-corrected chi connectivity index (χ1v) is 21.4. The molecule has 0 radical (unpaired) electrons. The van der Waals surface area contributed by atoms with Crippen LogP contribution in [-0.4, -0.2) is 105 Å². The van der Waals surface area contributed by atoms with Gasteiger partial charge in [-0.3, -0.25) is 9.88 Å². The van der Waals surface area contributed by atoms with Crippen molar-refractivity contribution in [3.63, 3.8) is 0 Å². The fourth-order valence-corrected chi connectivity index (χ4v) is 9.98. The number of ether oxygens (including phenoxy) is 2. The number of aromatic hydroxyl groups is 1. The van der Waals surface area contributed by atoms with Gasteiger partial charge in [0, 0.05) is 62.0 Å². The van der Waals surface area contributed by atoms with Crippen LogP contribution in [0.3, 0.4) is 0 Å². The highest BCUT2D eigenvalue weighted by Gasteiger charge is 2.50. The van der Waals surface area contributed by atoms with Gasteiger partial charge in [-0.05, 0) is 85.9 Å². The van der Waals surface area contributed by atoms with Crippen LogP contribution in [0.15, 0.2) is 47.1 Å². The van der Waals surface area contributed by atoms with Crippen LogP contribution in [0, 0.1) is 11.7 Å². The minimum atomic E-state index is -0.575. The van der Waals surface area contributed by atoms with Crippen LogP contribution in [0.25, 0.3) is 32.9 Å². The summed E-state index contributed by atoms with van der Waals surface area (Å²) >= 11 is 0. The van der Waals surface area contributed by atoms with Crippen LogP contribution in [-0.2, 0) is 17.7 Å². The molecule has 4 fully saturated rings. The van der Waals surface area contributed by atoms with Crippen LogP contribution >= 0.6 is 0 Å². The second kappa shape index (κ2) is 15.8. The Morgan fingerprint density at radius 1 is 1.12 bits per heavy atom. The van der Waals surface area contributed by atoms with Crippen molar-refractivity contribution in [2.45, 2.75) is 109 Å². The topological polar surface area (TPSA) is 142 Å². The molecule has 2 N–H and O–H groups in total. The maximum absolute atomic E-state index is 17.2. The summed E-state index contributed by atoms with van der Waals surface area (Å²) in [5, 5.41) is 20.8. The van der Waals surface area contributed by atoms with Gasteiger partial charge in [-0.25, -0.2) is 9.18 Å². The van der Waals surface area contributed by atoms with Crippen LogP contribution in [0.1, 0.15) is 89.2 Å². The van der Waals surface area contributed by atoms with E-state index >= 15 is 4.39 Å². The minimum Gasteiger partial charge on any atom is -0.508 e. The maximum Gasteiger partial charge on any atom is 0.409 e. The fourth-order valence-electron chi connectivity index (χ4n) is 9.98. The molecule has 312 valence electrons. The highest BCUT2D eigenvalue weighted by atomic mass is 19.1. The van der Waals surface area contributed by atoms with Gasteiger partial charge in [-0.1, -0.05) is 51.1 Å². The van der Waals surface area contributed by atoms with E-state index in [2.05, 4.69) is 48.0 Å². The molecule has 2 aromatic carbocycles. The summed E-state index contributed by atoms with van der Waals surface area (Å²) in [5.74, 6) is 1.55. The first kappa shape index (κ1) is 39.4. The number of piperazine rings is 1. The van der Waals surface area contributed by atoms with Gasteiger partial charge in [-0.2, -0.15) is 9.97 Å². The number of phenols is 1. The number of fused-ring (bicyclic) bond motifs is 5. The highest BCUT2D eigenvalue weighted by Crippen LogP contribution is 2.44. The molecular formula is C45H55FN8O5. The van der Waals surface area contributed by atoms with Gasteiger partial charge in [0.1, 0.15) is 47.4 Å². The summed E-state index contributed by atoms with van der Waals surface area (Å²) in [6, 6.07) is 11.9. The number of carbonyl (C=O) groups is 1. The van der Waals surface area contributed by atoms with Gasteiger partial charge < -0.3 is 34.2 Å². The lowest BCUT2D eigenvalue weighted by atomic mass is 9.95. The zero-order chi connectivity index (χ0) is 41.0. The van der Waals surface area contributed by atoms with Crippen molar-refractivity contribution in [1.29, 1.82) is 0 Å². The normalized spacial score (nSPS) is 23.4. The van der Waals surface area contributed by atoms with Crippen molar-refractivity contribution in [1.82, 2.24) is 35.2 Å². The summed E-state index contributed by atoms with van der Waals surface area (Å²) in [4.78, 5) is 33.8. The molecule has 7 heterocycles. The van der Waals surface area contributed by atoms with Crippen LogP contribution < -0.4 is 15.0 Å². The number of aryl methyl sites for hydroxylation is 1. The van der Waals surface area contributed by atoms with E-state index < -0.39 is 11.9 Å². The van der Waals surface area contributed by atoms with Crippen molar-refractivity contribution in [2.75, 3.05) is 44.8 Å². The molecule has 14 heteroatoms. The number of anilines is 1. The van der Waals surface area contributed by atoms with Crippen molar-refractivity contribution in [2.24, 2.45) is 5.92 Å². The summed E-state index contributed by atoms with van der Waals surface area (Å²) in [6.07, 6.45) is 7.82. The van der Waals surface area contributed by atoms with E-state index in [9.17, 15) is 9.90 Å². The molecule has 0 aliphatic carbocycles. The molecule has 0 spiro atoms. The standard InChI is InChI=1S/C45H55FN8O5/c1-6-28-9-7-10-29-17-34(55)19-35(38(28)29)40-39(46)41-36(20-47-40)42(53-22-30-11-12-31(23-53)48-30)50-43(49-41)58-25-45-14-8-16-54(45)33(13-15-45)24-57-44(56)52(5)21-32-18-37(59-51-32)27(4)26(2)3/h7,9-10,17-20,26-27,30-31,33,48,55H,6,8,11-16,21-25H2,1-5H3/t27?,30?,31?,33-,45?/m1/s1. The number of hydrogen-bond donors (Lipinski definition) is 2. The number of pyridine rings is 1.